The first-order valence-electron chi connectivity index (χ1n) is 6.18. The Morgan fingerprint density at radius 3 is 2.81 bits per heavy atom. The summed E-state index contributed by atoms with van der Waals surface area (Å²) in [5, 5.41) is 0. The summed E-state index contributed by atoms with van der Waals surface area (Å²) >= 11 is -0.409. The van der Waals surface area contributed by atoms with Gasteiger partial charge in [0.2, 0.25) is 0 Å². The summed E-state index contributed by atoms with van der Waals surface area (Å²) in [4.78, 5) is 26.4. The van der Waals surface area contributed by atoms with Gasteiger partial charge in [0, 0.05) is 0 Å². The summed E-state index contributed by atoms with van der Waals surface area (Å²) in [5.41, 5.74) is 1.99. The van der Waals surface area contributed by atoms with Crippen molar-refractivity contribution in [2.24, 2.45) is 0 Å². The Morgan fingerprint density at radius 2 is 2.19 bits per heavy atom. The van der Waals surface area contributed by atoms with Gasteiger partial charge < -0.3 is 0 Å². The van der Waals surface area contributed by atoms with Crippen LogP contribution in [0.25, 0.3) is 11.2 Å². The molecule has 8 heteroatoms. The number of benzene rings is 1. The average Bonchev–Trinajstić information content (AvgIpc) is 3.12. The molecule has 4 rings (SSSR count). The monoisotopic (exact) mass is 515 g/mol. The van der Waals surface area contributed by atoms with E-state index in [4.69, 9.17) is 13.9 Å². The Bertz CT molecular complexity index is 781. The summed E-state index contributed by atoms with van der Waals surface area (Å²) in [6, 6.07) is 0. The zero-order valence-corrected chi connectivity index (χ0v) is 15.7. The Hall–Kier alpha value is -0.620. The van der Waals surface area contributed by atoms with E-state index < -0.39 is 9.39 Å². The van der Waals surface area contributed by atoms with Crippen LogP contribution in [0.5, 0.6) is 11.5 Å². The topological polar surface area (TPSA) is 87.7 Å². The van der Waals surface area contributed by atoms with Crippen molar-refractivity contribution >= 4 is 23.1 Å². The second-order valence-corrected chi connectivity index (χ2v) is 10.9. The van der Waals surface area contributed by atoms with E-state index in [1.807, 2.05) is 6.92 Å². The molecule has 2 aromatic rings. The number of ether oxygens (including phenoxy) is 2. The number of hydrogen-bond donors (Lipinski definition) is 1. The van der Waals surface area contributed by atoms with E-state index in [9.17, 15) is 9.59 Å². The van der Waals surface area contributed by atoms with E-state index >= 15 is 0 Å². The molecule has 21 heavy (non-hydrogen) atoms. The molecule has 114 valence electrons. The van der Waals surface area contributed by atoms with Crippen molar-refractivity contribution in [3.8, 4) is 11.5 Å². The van der Waals surface area contributed by atoms with Crippen molar-refractivity contribution in [3.63, 3.8) is 0 Å². The van der Waals surface area contributed by atoms with E-state index in [1.54, 1.807) is 6.92 Å². The molecule has 2 bridgehead atoms. The zero-order valence-electron chi connectivity index (χ0n) is 11.4. The van der Waals surface area contributed by atoms with Gasteiger partial charge in [-0.2, -0.15) is 0 Å². The van der Waals surface area contributed by atoms with Crippen LogP contribution in [0, 0.1) is 6.92 Å². The number of aryl methyl sites for hydroxylation is 1. The molecule has 2 atom stereocenters. The normalized spacial score (nSPS) is 23.0. The minimum atomic E-state index is -0.435. The number of hydrogen-bond acceptors (Lipinski definition) is 6. The molecule has 2 aliphatic rings. The molecule has 0 aromatic carbocycles. The number of alkyl halides is 3. The van der Waals surface area contributed by atoms with E-state index in [-0.39, 0.29) is 60.2 Å². The van der Waals surface area contributed by atoms with Crippen LogP contribution in [0.3, 0.4) is 0 Å². The van der Waals surface area contributed by atoms with Crippen molar-refractivity contribution < 1.29 is 66.2 Å². The Kier molecular flexibility index (Phi) is 2.96. The van der Waals surface area contributed by atoms with Crippen LogP contribution in [0.1, 0.15) is 22.8 Å². The van der Waals surface area contributed by atoms with Crippen LogP contribution < -0.4 is 55.7 Å². The predicted molar refractivity (Wildman–Crippen MR) is 64.0 cm³/mol. The van der Waals surface area contributed by atoms with Crippen LogP contribution >= 0.6 is 0 Å². The van der Waals surface area contributed by atoms with Crippen molar-refractivity contribution in [3.05, 3.63) is 11.1 Å². The molecule has 0 spiro atoms. The predicted octanol–water partition coefficient (Wildman–Crippen LogP) is -4.97. The molecule has 2 aliphatic heterocycles. The van der Waals surface area contributed by atoms with Gasteiger partial charge in [0.05, 0.1) is 0 Å². The molecular weight excluding hydrogens is 504 g/mol. The van der Waals surface area contributed by atoms with Gasteiger partial charge >= 0.3 is 142 Å². The number of carbonyl (C=O) groups is 2. The van der Waals surface area contributed by atoms with Gasteiger partial charge in [-0.1, -0.05) is 0 Å². The molecule has 0 saturated carbocycles. The molecule has 1 fully saturated rings. The summed E-state index contributed by atoms with van der Waals surface area (Å²) < 4.78 is 19.5. The SMILES string of the molecule is C[I-]C(C)(C(=O)Oc1c2c3oc1c(C)c3C(=O)O2)C1N[I-]1. The van der Waals surface area contributed by atoms with Crippen molar-refractivity contribution in [1.82, 2.24) is 3.53 Å². The number of fused-ring (bicyclic) bond motifs is 1. The molecule has 1 N–H and O–H groups in total. The fourth-order valence-corrected chi connectivity index (χ4v) is 8.24. The Balaban J connectivity index is 1.71. The third-order valence-corrected chi connectivity index (χ3v) is 10.8. The van der Waals surface area contributed by atoms with Gasteiger partial charge in [0.25, 0.3) is 0 Å². The molecule has 6 nitrogen and oxygen atoms in total. The van der Waals surface area contributed by atoms with Gasteiger partial charge in [0.15, 0.2) is 0 Å². The maximum absolute atomic E-state index is 12.6. The van der Waals surface area contributed by atoms with E-state index in [2.05, 4.69) is 8.46 Å². The van der Waals surface area contributed by atoms with Gasteiger partial charge in [-0.05, 0) is 0 Å². The first-order valence-corrected chi connectivity index (χ1v) is 11.7. The molecule has 1 saturated heterocycles. The number of carbonyl (C=O) groups excluding carboxylic acids is 2. The third-order valence-electron chi connectivity index (χ3n) is 3.84. The number of nitrogens with one attached hydrogen (secondary N) is 1. The first-order chi connectivity index (χ1) is 9.97. The van der Waals surface area contributed by atoms with Crippen LogP contribution in [-0.2, 0) is 4.79 Å². The van der Waals surface area contributed by atoms with Gasteiger partial charge in [-0.3, -0.25) is 0 Å². The van der Waals surface area contributed by atoms with Gasteiger partial charge in [0.1, 0.15) is 0 Å². The second-order valence-electron chi connectivity index (χ2n) is 5.04. The standard InChI is InChI=1S/C13H11I2NO5/c1-4-5-7-9(20-10(5)17)8(6(4)19-7)21-12(18)13(2,14-3)11-15-16-11/h11,16H,1-3H3/q-2. The quantitative estimate of drug-likeness (QED) is 0.0836. The van der Waals surface area contributed by atoms with E-state index in [1.165, 1.54) is 0 Å². The molecular formula is C13H11I2NO5-2. The Labute approximate surface area is 141 Å². The molecule has 0 radical (unpaired) electrons. The van der Waals surface area contributed by atoms with Gasteiger partial charge in [-0.15, -0.1) is 0 Å². The number of halogens is 2. The summed E-state index contributed by atoms with van der Waals surface area (Å²) in [7, 11) is 0. The molecule has 2 unspecified atom stereocenters. The van der Waals surface area contributed by atoms with Crippen LogP contribution in [0.2, 0.25) is 0 Å². The summed E-state index contributed by atoms with van der Waals surface area (Å²) in [5.74, 6) is -0.154. The zero-order chi connectivity index (χ0) is 14.9. The van der Waals surface area contributed by atoms with Gasteiger partial charge in [-0.25, -0.2) is 0 Å². The number of rotatable bonds is 4. The fraction of sp³-hybridized carbons (Fsp3) is 0.385. The molecule has 4 heterocycles. The average molecular weight is 515 g/mol. The van der Waals surface area contributed by atoms with Crippen molar-refractivity contribution in [1.29, 1.82) is 0 Å². The maximum atomic E-state index is 12.6. The van der Waals surface area contributed by atoms with Crippen molar-refractivity contribution in [2.75, 3.05) is 4.93 Å². The summed E-state index contributed by atoms with van der Waals surface area (Å²) in [6.07, 6.45) is 0. The van der Waals surface area contributed by atoms with E-state index in [0.717, 1.165) is 0 Å². The molecule has 0 aliphatic carbocycles. The molecule has 2 aromatic heterocycles. The Morgan fingerprint density at radius 1 is 1.48 bits per heavy atom. The second kappa shape index (κ2) is 4.44. The molecule has 0 amide bonds. The van der Waals surface area contributed by atoms with E-state index in [0.29, 0.717) is 26.3 Å². The van der Waals surface area contributed by atoms with Crippen molar-refractivity contribution in [2.45, 2.75) is 21.3 Å². The minimum absolute atomic E-state index is 0.0817. The first kappa shape index (κ1) is 14.0. The van der Waals surface area contributed by atoms with Crippen LogP contribution in [-0.4, -0.2) is 24.3 Å². The number of esters is 2. The third kappa shape index (κ3) is 1.78. The summed E-state index contributed by atoms with van der Waals surface area (Å²) in [6.45, 7) is 3.73. The van der Waals surface area contributed by atoms with Crippen LogP contribution in [0.4, 0.5) is 0 Å². The number of furan rings is 2. The fourth-order valence-electron chi connectivity index (χ4n) is 2.38. The van der Waals surface area contributed by atoms with Crippen LogP contribution in [0.15, 0.2) is 4.42 Å².